The Morgan fingerprint density at radius 3 is 2.33 bits per heavy atom. The van der Waals surface area contributed by atoms with Gasteiger partial charge in [-0.15, -0.1) is 0 Å². The smallest absolute Gasteiger partial charge is 0.102 e. The van der Waals surface area contributed by atoms with Gasteiger partial charge in [0.15, 0.2) is 0 Å². The summed E-state index contributed by atoms with van der Waals surface area (Å²) in [5, 5.41) is 11.8. The molecular weight excluding hydrogens is 114 g/mol. The Morgan fingerprint density at radius 1 is 1.44 bits per heavy atom. The van der Waals surface area contributed by atoms with E-state index < -0.39 is 0 Å². The van der Waals surface area contributed by atoms with Gasteiger partial charge in [-0.25, -0.2) is 0 Å². The zero-order valence-electron chi connectivity index (χ0n) is 6.52. The Bertz CT molecular complexity index is 63.9. The molecule has 2 heteroatoms. The monoisotopic (exact) mass is 131 g/mol. The number of nitrogens with one attached hydrogen (secondary N) is 1. The highest BCUT2D eigenvalue weighted by Crippen LogP contribution is 1.94. The van der Waals surface area contributed by atoms with E-state index in [0.29, 0.717) is 6.04 Å². The van der Waals surface area contributed by atoms with Crippen LogP contribution in [0.1, 0.15) is 33.6 Å². The minimum absolute atomic E-state index is 0.369. The molecule has 2 nitrogen and oxygen atoms in total. The van der Waals surface area contributed by atoms with Crippen molar-refractivity contribution in [2.24, 2.45) is 0 Å². The van der Waals surface area contributed by atoms with E-state index in [0.717, 1.165) is 6.42 Å². The van der Waals surface area contributed by atoms with Crippen LogP contribution in [0.2, 0.25) is 0 Å². The van der Waals surface area contributed by atoms with Crippen molar-refractivity contribution in [1.29, 1.82) is 0 Å². The van der Waals surface area contributed by atoms with Gasteiger partial charge in [0.05, 0.1) is 0 Å². The molecule has 0 aliphatic heterocycles. The normalized spacial score (nSPS) is 17.3. The summed E-state index contributed by atoms with van der Waals surface area (Å²) in [5.41, 5.74) is 0. The van der Waals surface area contributed by atoms with Crippen LogP contribution in [-0.4, -0.2) is 17.4 Å². The summed E-state index contributed by atoms with van der Waals surface area (Å²) >= 11 is 0. The second-order valence-corrected chi connectivity index (χ2v) is 2.53. The van der Waals surface area contributed by atoms with E-state index in [1.807, 2.05) is 0 Å². The molecule has 0 amide bonds. The summed E-state index contributed by atoms with van der Waals surface area (Å²) in [6, 6.07) is 0.440. The molecule has 56 valence electrons. The first-order chi connectivity index (χ1) is 4.16. The third-order valence-electron chi connectivity index (χ3n) is 1.25. The molecule has 2 atom stereocenters. The molecule has 0 aromatic carbocycles. The first-order valence-corrected chi connectivity index (χ1v) is 3.61. The van der Waals surface area contributed by atoms with Crippen LogP contribution in [0.3, 0.4) is 0 Å². The van der Waals surface area contributed by atoms with Crippen LogP contribution in [0.4, 0.5) is 0 Å². The molecule has 0 radical (unpaired) electrons. The van der Waals surface area contributed by atoms with Crippen molar-refractivity contribution in [3.63, 3.8) is 0 Å². The fourth-order valence-corrected chi connectivity index (χ4v) is 0.928. The summed E-state index contributed by atoms with van der Waals surface area (Å²) in [6.07, 6.45) is 1.93. The van der Waals surface area contributed by atoms with Gasteiger partial charge in [-0.1, -0.05) is 13.3 Å². The molecule has 2 N–H and O–H groups in total. The van der Waals surface area contributed by atoms with E-state index in [-0.39, 0.29) is 6.23 Å². The second kappa shape index (κ2) is 4.77. The summed E-state index contributed by atoms with van der Waals surface area (Å²) in [5.74, 6) is 0. The molecule has 0 aliphatic carbocycles. The van der Waals surface area contributed by atoms with E-state index in [1.165, 1.54) is 6.42 Å². The van der Waals surface area contributed by atoms with Gasteiger partial charge in [0.1, 0.15) is 6.23 Å². The van der Waals surface area contributed by atoms with Crippen LogP contribution in [-0.2, 0) is 0 Å². The van der Waals surface area contributed by atoms with Crippen molar-refractivity contribution in [3.05, 3.63) is 0 Å². The van der Waals surface area contributed by atoms with Crippen molar-refractivity contribution >= 4 is 0 Å². The zero-order valence-corrected chi connectivity index (χ0v) is 6.52. The lowest BCUT2D eigenvalue weighted by molar-refractivity contribution is 0.141. The van der Waals surface area contributed by atoms with Crippen LogP contribution in [0.15, 0.2) is 0 Å². The Morgan fingerprint density at radius 2 is 2.00 bits per heavy atom. The number of aliphatic hydroxyl groups excluding tert-OH is 1. The molecule has 0 aromatic heterocycles. The maximum atomic E-state index is 8.84. The topological polar surface area (TPSA) is 32.3 Å². The molecule has 0 aliphatic rings. The number of hydrogen-bond donors (Lipinski definition) is 2. The van der Waals surface area contributed by atoms with Gasteiger partial charge in [0.25, 0.3) is 0 Å². The lowest BCUT2D eigenvalue weighted by Gasteiger charge is -2.14. The zero-order chi connectivity index (χ0) is 7.28. The molecular formula is C7H17NO. The van der Waals surface area contributed by atoms with E-state index >= 15 is 0 Å². The molecule has 2 unspecified atom stereocenters. The molecule has 0 spiro atoms. The maximum Gasteiger partial charge on any atom is 0.102 e. The number of hydrogen-bond acceptors (Lipinski definition) is 2. The molecule has 0 saturated heterocycles. The predicted octanol–water partition coefficient (Wildman–Crippen LogP) is 1.10. The van der Waals surface area contributed by atoms with Crippen LogP contribution in [0.5, 0.6) is 0 Å². The fourth-order valence-electron chi connectivity index (χ4n) is 0.928. The third kappa shape index (κ3) is 5.80. The lowest BCUT2D eigenvalue weighted by atomic mass is 10.2. The van der Waals surface area contributed by atoms with E-state index in [1.54, 1.807) is 6.92 Å². The van der Waals surface area contributed by atoms with Gasteiger partial charge < -0.3 is 5.11 Å². The van der Waals surface area contributed by atoms with Crippen molar-refractivity contribution in [2.45, 2.75) is 45.9 Å². The average Bonchev–Trinajstić information content (AvgIpc) is 1.63. The summed E-state index contributed by atoms with van der Waals surface area (Å²) < 4.78 is 0. The molecule has 0 fully saturated rings. The summed E-state index contributed by atoms with van der Waals surface area (Å²) in [4.78, 5) is 0. The Balaban J connectivity index is 3.15. The largest absolute Gasteiger partial charge is 0.379 e. The van der Waals surface area contributed by atoms with Crippen molar-refractivity contribution in [2.75, 3.05) is 0 Å². The Labute approximate surface area is 57.3 Å². The van der Waals surface area contributed by atoms with Crippen molar-refractivity contribution in [1.82, 2.24) is 5.32 Å². The van der Waals surface area contributed by atoms with E-state index in [4.69, 9.17) is 5.11 Å². The summed E-state index contributed by atoms with van der Waals surface area (Å²) in [7, 11) is 0. The van der Waals surface area contributed by atoms with Crippen LogP contribution in [0.25, 0.3) is 0 Å². The highest BCUT2D eigenvalue weighted by Gasteiger charge is 2.00. The van der Waals surface area contributed by atoms with Gasteiger partial charge in [-0.3, -0.25) is 5.32 Å². The molecule has 9 heavy (non-hydrogen) atoms. The van der Waals surface area contributed by atoms with Gasteiger partial charge in [0, 0.05) is 6.04 Å². The fraction of sp³-hybridized carbons (Fsp3) is 1.00. The highest BCUT2D eigenvalue weighted by atomic mass is 16.3. The molecule has 0 saturated carbocycles. The highest BCUT2D eigenvalue weighted by molar-refractivity contribution is 4.58. The van der Waals surface area contributed by atoms with Crippen molar-refractivity contribution < 1.29 is 5.11 Å². The Hall–Kier alpha value is -0.0800. The van der Waals surface area contributed by atoms with Gasteiger partial charge in [0.2, 0.25) is 0 Å². The van der Waals surface area contributed by atoms with Crippen LogP contribution < -0.4 is 5.32 Å². The molecule has 0 bridgehead atoms. The first kappa shape index (κ1) is 8.92. The average molecular weight is 131 g/mol. The minimum Gasteiger partial charge on any atom is -0.379 e. The van der Waals surface area contributed by atoms with Crippen LogP contribution in [0, 0.1) is 0 Å². The molecule has 0 heterocycles. The van der Waals surface area contributed by atoms with Crippen LogP contribution >= 0.6 is 0 Å². The SMILES string of the molecule is CCCC(C)NC(C)O. The lowest BCUT2D eigenvalue weighted by Crippen LogP contribution is -2.33. The number of rotatable bonds is 4. The maximum absolute atomic E-state index is 8.84. The second-order valence-electron chi connectivity index (χ2n) is 2.53. The Kier molecular flexibility index (Phi) is 4.72. The van der Waals surface area contributed by atoms with E-state index in [2.05, 4.69) is 19.2 Å². The van der Waals surface area contributed by atoms with Gasteiger partial charge in [-0.05, 0) is 20.3 Å². The van der Waals surface area contributed by atoms with E-state index in [9.17, 15) is 0 Å². The van der Waals surface area contributed by atoms with Gasteiger partial charge >= 0.3 is 0 Å². The van der Waals surface area contributed by atoms with Gasteiger partial charge in [-0.2, -0.15) is 0 Å². The molecule has 0 rings (SSSR count). The first-order valence-electron chi connectivity index (χ1n) is 3.61. The third-order valence-corrected chi connectivity index (χ3v) is 1.25. The quantitative estimate of drug-likeness (QED) is 0.560. The number of aliphatic hydroxyl groups is 1. The summed E-state index contributed by atoms with van der Waals surface area (Å²) in [6.45, 7) is 5.96. The minimum atomic E-state index is -0.369. The molecule has 0 aromatic rings. The standard InChI is InChI=1S/C7H17NO/c1-4-5-6(2)8-7(3)9/h6-9H,4-5H2,1-3H3. The predicted molar refractivity (Wildman–Crippen MR) is 39.2 cm³/mol. The van der Waals surface area contributed by atoms with Crippen molar-refractivity contribution in [3.8, 4) is 0 Å².